The van der Waals surface area contributed by atoms with Crippen LogP contribution in [-0.4, -0.2) is 11.7 Å². The standard InChI is InChI=1S/C9H9F4NO/c10-7-2-1-5(9(11,12)13)3-6(7)8(14)4-15/h1-3,8,15H,4,14H2/t8-/m1/s1. The molecule has 0 aliphatic heterocycles. The Balaban J connectivity index is 3.17. The highest BCUT2D eigenvalue weighted by Crippen LogP contribution is 2.31. The predicted molar refractivity (Wildman–Crippen MR) is 45.4 cm³/mol. The van der Waals surface area contributed by atoms with E-state index in [1.807, 2.05) is 0 Å². The monoisotopic (exact) mass is 223 g/mol. The largest absolute Gasteiger partial charge is 0.416 e. The molecule has 0 aliphatic rings. The highest BCUT2D eigenvalue weighted by molar-refractivity contribution is 5.29. The molecular formula is C9H9F4NO. The molecule has 1 rings (SSSR count). The fourth-order valence-electron chi connectivity index (χ4n) is 1.10. The minimum absolute atomic E-state index is 0.340. The van der Waals surface area contributed by atoms with Crippen molar-refractivity contribution in [3.8, 4) is 0 Å². The first kappa shape index (κ1) is 11.9. The van der Waals surface area contributed by atoms with Gasteiger partial charge in [0.05, 0.1) is 18.2 Å². The Bertz CT molecular complexity index is 350. The van der Waals surface area contributed by atoms with Crippen LogP contribution < -0.4 is 5.73 Å². The molecule has 0 aliphatic carbocycles. The van der Waals surface area contributed by atoms with Crippen molar-refractivity contribution >= 4 is 0 Å². The second-order valence-electron chi connectivity index (χ2n) is 3.02. The number of halogens is 4. The maximum absolute atomic E-state index is 13.0. The third kappa shape index (κ3) is 2.66. The van der Waals surface area contributed by atoms with Gasteiger partial charge in [-0.3, -0.25) is 0 Å². The number of aliphatic hydroxyl groups excluding tert-OH is 1. The minimum atomic E-state index is -4.54. The van der Waals surface area contributed by atoms with Crippen LogP contribution in [0.2, 0.25) is 0 Å². The van der Waals surface area contributed by atoms with Crippen LogP contribution in [0.1, 0.15) is 17.2 Å². The zero-order valence-electron chi connectivity index (χ0n) is 7.55. The fraction of sp³-hybridized carbons (Fsp3) is 0.333. The summed E-state index contributed by atoms with van der Waals surface area (Å²) in [5, 5.41) is 8.63. The van der Waals surface area contributed by atoms with Crippen molar-refractivity contribution in [2.45, 2.75) is 12.2 Å². The third-order valence-corrected chi connectivity index (χ3v) is 1.92. The molecule has 0 spiro atoms. The maximum atomic E-state index is 13.0. The number of nitrogens with two attached hydrogens (primary N) is 1. The summed E-state index contributed by atoms with van der Waals surface area (Å²) >= 11 is 0. The Morgan fingerprint density at radius 2 is 1.93 bits per heavy atom. The molecule has 15 heavy (non-hydrogen) atoms. The lowest BCUT2D eigenvalue weighted by molar-refractivity contribution is -0.137. The summed E-state index contributed by atoms with van der Waals surface area (Å²) in [5.74, 6) is -0.857. The van der Waals surface area contributed by atoms with E-state index in [-0.39, 0.29) is 5.56 Å². The number of alkyl halides is 3. The minimum Gasteiger partial charge on any atom is -0.394 e. The van der Waals surface area contributed by atoms with Crippen molar-refractivity contribution in [2.75, 3.05) is 6.61 Å². The van der Waals surface area contributed by atoms with E-state index >= 15 is 0 Å². The lowest BCUT2D eigenvalue weighted by atomic mass is 10.0. The molecule has 0 aromatic heterocycles. The molecule has 0 saturated carbocycles. The maximum Gasteiger partial charge on any atom is 0.416 e. The van der Waals surface area contributed by atoms with Crippen LogP contribution in [0.25, 0.3) is 0 Å². The van der Waals surface area contributed by atoms with Crippen molar-refractivity contribution in [1.29, 1.82) is 0 Å². The van der Waals surface area contributed by atoms with Gasteiger partial charge in [0, 0.05) is 5.56 Å². The van der Waals surface area contributed by atoms with Crippen molar-refractivity contribution < 1.29 is 22.7 Å². The lowest BCUT2D eigenvalue weighted by Crippen LogP contribution is -2.17. The number of aliphatic hydroxyl groups is 1. The summed E-state index contributed by atoms with van der Waals surface area (Å²) < 4.78 is 49.8. The zero-order chi connectivity index (χ0) is 11.6. The summed E-state index contributed by atoms with van der Waals surface area (Å²) in [7, 11) is 0. The Morgan fingerprint density at radius 3 is 2.40 bits per heavy atom. The van der Waals surface area contributed by atoms with Crippen LogP contribution in [0.3, 0.4) is 0 Å². The van der Waals surface area contributed by atoms with Crippen molar-refractivity contribution in [2.24, 2.45) is 5.73 Å². The summed E-state index contributed by atoms with van der Waals surface area (Å²) in [6.07, 6.45) is -4.54. The Labute approximate surface area is 83.3 Å². The molecule has 3 N–H and O–H groups in total. The van der Waals surface area contributed by atoms with Gasteiger partial charge in [0.1, 0.15) is 5.82 Å². The van der Waals surface area contributed by atoms with Gasteiger partial charge in [0.15, 0.2) is 0 Å². The Kier molecular flexibility index (Phi) is 3.31. The highest BCUT2D eigenvalue weighted by atomic mass is 19.4. The average Bonchev–Trinajstić information content (AvgIpc) is 2.15. The molecule has 84 valence electrons. The van der Waals surface area contributed by atoms with Gasteiger partial charge < -0.3 is 10.8 Å². The number of hydrogen-bond acceptors (Lipinski definition) is 2. The second kappa shape index (κ2) is 4.16. The molecule has 0 radical (unpaired) electrons. The van der Waals surface area contributed by atoms with Gasteiger partial charge in [-0.25, -0.2) is 4.39 Å². The van der Waals surface area contributed by atoms with Crippen molar-refractivity contribution in [3.63, 3.8) is 0 Å². The fourth-order valence-corrected chi connectivity index (χ4v) is 1.10. The van der Waals surface area contributed by atoms with Gasteiger partial charge in [-0.1, -0.05) is 0 Å². The summed E-state index contributed by atoms with van der Waals surface area (Å²) in [4.78, 5) is 0. The zero-order valence-corrected chi connectivity index (χ0v) is 7.55. The summed E-state index contributed by atoms with van der Waals surface area (Å²) in [6, 6.07) is 0.777. The molecule has 6 heteroatoms. The van der Waals surface area contributed by atoms with E-state index in [9.17, 15) is 17.6 Å². The first-order chi connectivity index (χ1) is 6.86. The number of rotatable bonds is 2. The van der Waals surface area contributed by atoms with Crippen LogP contribution in [0.15, 0.2) is 18.2 Å². The van der Waals surface area contributed by atoms with Gasteiger partial charge >= 0.3 is 6.18 Å². The predicted octanol–water partition coefficient (Wildman–Crippen LogP) is 1.84. The van der Waals surface area contributed by atoms with Crippen LogP contribution in [0.5, 0.6) is 0 Å². The van der Waals surface area contributed by atoms with Crippen LogP contribution in [-0.2, 0) is 6.18 Å². The molecule has 0 bridgehead atoms. The van der Waals surface area contributed by atoms with Crippen molar-refractivity contribution in [3.05, 3.63) is 35.1 Å². The average molecular weight is 223 g/mol. The molecule has 1 atom stereocenters. The molecule has 0 amide bonds. The molecular weight excluding hydrogens is 214 g/mol. The first-order valence-corrected chi connectivity index (χ1v) is 4.09. The molecule has 2 nitrogen and oxygen atoms in total. The van der Waals surface area contributed by atoms with E-state index < -0.39 is 30.2 Å². The third-order valence-electron chi connectivity index (χ3n) is 1.92. The van der Waals surface area contributed by atoms with Gasteiger partial charge in [-0.05, 0) is 18.2 Å². The molecule has 0 unspecified atom stereocenters. The molecule has 0 fully saturated rings. The van der Waals surface area contributed by atoms with Gasteiger partial charge in [-0.15, -0.1) is 0 Å². The Hall–Kier alpha value is -1.14. The second-order valence-corrected chi connectivity index (χ2v) is 3.02. The van der Waals surface area contributed by atoms with Gasteiger partial charge in [0.25, 0.3) is 0 Å². The Morgan fingerprint density at radius 1 is 1.33 bits per heavy atom. The molecule has 0 saturated heterocycles. The highest BCUT2D eigenvalue weighted by Gasteiger charge is 2.31. The molecule has 1 aromatic rings. The SMILES string of the molecule is N[C@H](CO)c1cc(C(F)(F)F)ccc1F. The number of hydrogen-bond donors (Lipinski definition) is 2. The topological polar surface area (TPSA) is 46.2 Å². The van der Waals surface area contributed by atoms with E-state index in [1.165, 1.54) is 0 Å². The van der Waals surface area contributed by atoms with E-state index in [1.54, 1.807) is 0 Å². The van der Waals surface area contributed by atoms with Crippen LogP contribution >= 0.6 is 0 Å². The number of benzene rings is 1. The van der Waals surface area contributed by atoms with Crippen LogP contribution in [0, 0.1) is 5.82 Å². The first-order valence-electron chi connectivity index (χ1n) is 4.09. The lowest BCUT2D eigenvalue weighted by Gasteiger charge is -2.13. The van der Waals surface area contributed by atoms with Gasteiger partial charge in [0.2, 0.25) is 0 Å². The summed E-state index contributed by atoms with van der Waals surface area (Å²) in [5.41, 5.74) is 3.93. The van der Waals surface area contributed by atoms with E-state index in [4.69, 9.17) is 10.8 Å². The van der Waals surface area contributed by atoms with Gasteiger partial charge in [-0.2, -0.15) is 13.2 Å². The summed E-state index contributed by atoms with van der Waals surface area (Å²) in [6.45, 7) is -0.613. The normalized spacial score (nSPS) is 14.0. The van der Waals surface area contributed by atoms with Crippen LogP contribution in [0.4, 0.5) is 17.6 Å². The smallest absolute Gasteiger partial charge is 0.394 e. The van der Waals surface area contributed by atoms with E-state index in [0.29, 0.717) is 18.2 Å². The quantitative estimate of drug-likeness (QED) is 0.751. The van der Waals surface area contributed by atoms with Crippen molar-refractivity contribution in [1.82, 2.24) is 0 Å². The van der Waals surface area contributed by atoms with E-state index in [0.717, 1.165) is 0 Å². The van der Waals surface area contributed by atoms with E-state index in [2.05, 4.69) is 0 Å². The molecule has 0 heterocycles. The molecule has 1 aromatic carbocycles.